The van der Waals surface area contributed by atoms with Crippen molar-refractivity contribution in [3.8, 4) is 0 Å². The highest BCUT2D eigenvalue weighted by Gasteiger charge is 2.56. The lowest BCUT2D eigenvalue weighted by Crippen LogP contribution is -2.71. The van der Waals surface area contributed by atoms with Crippen LogP contribution < -0.4 is 5.32 Å². The SMILES string of the molecule is CC(=O)N1CCN(C2CCC3C(=O)C(C(=O)NCCN(C)C)=CN4C5CCCCC5OC2C34)CC1. The highest BCUT2D eigenvalue weighted by Crippen LogP contribution is 2.46. The van der Waals surface area contributed by atoms with Crippen LogP contribution in [0.25, 0.3) is 0 Å². The van der Waals surface area contributed by atoms with E-state index in [9.17, 15) is 14.4 Å². The minimum atomic E-state index is -0.242. The number of morpholine rings is 1. The Hall–Kier alpha value is -1.97. The van der Waals surface area contributed by atoms with Crippen LogP contribution in [0.3, 0.4) is 0 Å². The third kappa shape index (κ3) is 4.74. The standard InChI is InChI=1S/C26H41N5O4/c1-17(32)29-12-14-30(15-13-29)21-9-8-18-23-25(21)35-22-7-5-4-6-20(22)31(23)16-19(24(18)33)26(34)27-10-11-28(2)3/h16,18,20-23,25H,4-15H2,1-3H3,(H,27,34). The highest BCUT2D eigenvalue weighted by atomic mass is 16.5. The molecule has 0 aromatic heterocycles. The molecule has 5 aliphatic rings. The van der Waals surface area contributed by atoms with E-state index in [-0.39, 0.29) is 53.8 Å². The number of nitrogens with zero attached hydrogens (tertiary/aromatic N) is 4. The third-order valence-corrected chi connectivity index (χ3v) is 8.83. The molecule has 2 aliphatic carbocycles. The van der Waals surface area contributed by atoms with Gasteiger partial charge in [-0.15, -0.1) is 0 Å². The van der Waals surface area contributed by atoms with Crippen molar-refractivity contribution in [3.63, 3.8) is 0 Å². The largest absolute Gasteiger partial charge is 0.369 e. The Morgan fingerprint density at radius 1 is 1.06 bits per heavy atom. The van der Waals surface area contributed by atoms with Gasteiger partial charge in [-0.1, -0.05) is 12.8 Å². The topological polar surface area (TPSA) is 85.4 Å². The van der Waals surface area contributed by atoms with E-state index in [1.807, 2.05) is 30.1 Å². The third-order valence-electron chi connectivity index (χ3n) is 8.83. The molecule has 0 radical (unpaired) electrons. The molecule has 0 aromatic carbocycles. The number of hydrogen-bond acceptors (Lipinski definition) is 7. The average molecular weight is 488 g/mol. The number of ether oxygens (including phenoxy) is 1. The molecule has 6 unspecified atom stereocenters. The van der Waals surface area contributed by atoms with E-state index >= 15 is 0 Å². The number of piperazine rings is 1. The zero-order valence-corrected chi connectivity index (χ0v) is 21.4. The lowest BCUT2D eigenvalue weighted by molar-refractivity contribution is -0.202. The quantitative estimate of drug-likeness (QED) is 0.564. The summed E-state index contributed by atoms with van der Waals surface area (Å²) in [5.41, 5.74) is 0.323. The van der Waals surface area contributed by atoms with E-state index in [2.05, 4.69) is 15.1 Å². The Morgan fingerprint density at radius 2 is 1.80 bits per heavy atom. The first kappa shape index (κ1) is 24.7. The summed E-state index contributed by atoms with van der Waals surface area (Å²) in [5.74, 6) is -0.320. The van der Waals surface area contributed by atoms with Crippen molar-refractivity contribution in [1.82, 2.24) is 24.9 Å². The average Bonchev–Trinajstić information content (AvgIpc) is 2.85. The maximum atomic E-state index is 13.6. The molecule has 6 atom stereocenters. The van der Waals surface area contributed by atoms with E-state index in [4.69, 9.17) is 4.74 Å². The molecule has 2 saturated heterocycles. The summed E-state index contributed by atoms with van der Waals surface area (Å²) in [6.07, 6.45) is 8.06. The second kappa shape index (κ2) is 10.2. The normalized spacial score (nSPS) is 35.3. The van der Waals surface area contributed by atoms with Gasteiger partial charge in [0.15, 0.2) is 5.78 Å². The van der Waals surface area contributed by atoms with Crippen molar-refractivity contribution in [1.29, 1.82) is 0 Å². The van der Waals surface area contributed by atoms with Crippen LogP contribution in [0.2, 0.25) is 0 Å². The molecule has 35 heavy (non-hydrogen) atoms. The Labute approximate surface area is 208 Å². The van der Waals surface area contributed by atoms with Crippen molar-refractivity contribution < 1.29 is 19.1 Å². The molecule has 4 fully saturated rings. The summed E-state index contributed by atoms with van der Waals surface area (Å²) in [6, 6.07) is 0.468. The van der Waals surface area contributed by atoms with Gasteiger partial charge in [0.2, 0.25) is 5.91 Å². The van der Waals surface area contributed by atoms with Crippen molar-refractivity contribution in [2.45, 2.75) is 75.8 Å². The Balaban J connectivity index is 1.39. The van der Waals surface area contributed by atoms with Crippen molar-refractivity contribution in [2.75, 3.05) is 53.4 Å². The molecule has 5 rings (SSSR count). The van der Waals surface area contributed by atoms with E-state index < -0.39 is 0 Å². The van der Waals surface area contributed by atoms with Gasteiger partial charge < -0.3 is 24.8 Å². The number of Topliss-reactive ketones (excluding diaryl/α,β-unsaturated/α-hetero) is 1. The van der Waals surface area contributed by atoms with Gasteiger partial charge in [0, 0.05) is 64.4 Å². The molecule has 0 spiro atoms. The molecular formula is C26H41N5O4. The minimum Gasteiger partial charge on any atom is -0.369 e. The summed E-state index contributed by atoms with van der Waals surface area (Å²) >= 11 is 0. The maximum absolute atomic E-state index is 13.6. The minimum absolute atomic E-state index is 0.00948. The number of fused-ring (bicyclic) bond motifs is 2. The first-order valence-electron chi connectivity index (χ1n) is 13.5. The number of carbonyl (C=O) groups excluding carboxylic acids is 3. The summed E-state index contributed by atoms with van der Waals surface area (Å²) in [6.45, 7) is 6.09. The van der Waals surface area contributed by atoms with Gasteiger partial charge in [-0.25, -0.2) is 0 Å². The number of amides is 2. The van der Waals surface area contributed by atoms with Crippen LogP contribution >= 0.6 is 0 Å². The van der Waals surface area contributed by atoms with Crippen molar-refractivity contribution in [2.24, 2.45) is 5.92 Å². The number of rotatable bonds is 5. The predicted molar refractivity (Wildman–Crippen MR) is 132 cm³/mol. The number of carbonyl (C=O) groups is 3. The number of ketones is 1. The van der Waals surface area contributed by atoms with Crippen molar-refractivity contribution >= 4 is 17.6 Å². The van der Waals surface area contributed by atoms with Crippen molar-refractivity contribution in [3.05, 3.63) is 11.8 Å². The summed E-state index contributed by atoms with van der Waals surface area (Å²) in [4.78, 5) is 47.3. The molecule has 194 valence electrons. The van der Waals surface area contributed by atoms with E-state index in [0.717, 1.165) is 71.2 Å². The lowest BCUT2D eigenvalue weighted by atomic mass is 9.70. The number of likely N-dealkylation sites (N-methyl/N-ethyl adjacent to an activating group) is 1. The van der Waals surface area contributed by atoms with E-state index in [1.54, 1.807) is 6.92 Å². The molecule has 1 N–H and O–H groups in total. The van der Waals surface area contributed by atoms with Gasteiger partial charge >= 0.3 is 0 Å². The molecule has 2 saturated carbocycles. The van der Waals surface area contributed by atoms with Crippen LogP contribution in [-0.2, 0) is 19.1 Å². The zero-order valence-electron chi connectivity index (χ0n) is 21.4. The zero-order chi connectivity index (χ0) is 24.7. The maximum Gasteiger partial charge on any atom is 0.256 e. The Morgan fingerprint density at radius 3 is 2.51 bits per heavy atom. The van der Waals surface area contributed by atoms with Gasteiger partial charge in [-0.3, -0.25) is 19.3 Å². The van der Waals surface area contributed by atoms with Gasteiger partial charge in [-0.2, -0.15) is 0 Å². The molecule has 3 heterocycles. The van der Waals surface area contributed by atoms with E-state index in [0.29, 0.717) is 12.1 Å². The van der Waals surface area contributed by atoms with Gasteiger partial charge in [-0.05, 0) is 39.8 Å². The second-order valence-electron chi connectivity index (χ2n) is 11.2. The van der Waals surface area contributed by atoms with Crippen LogP contribution in [0, 0.1) is 5.92 Å². The number of nitrogens with one attached hydrogen (secondary N) is 1. The fourth-order valence-electron chi connectivity index (χ4n) is 6.99. The van der Waals surface area contributed by atoms with Gasteiger partial charge in [0.25, 0.3) is 5.91 Å². The molecule has 0 aromatic rings. The molecule has 2 amide bonds. The Bertz CT molecular complexity index is 868. The van der Waals surface area contributed by atoms with E-state index in [1.165, 1.54) is 0 Å². The Kier molecular flexibility index (Phi) is 7.19. The fourth-order valence-corrected chi connectivity index (χ4v) is 6.99. The molecular weight excluding hydrogens is 446 g/mol. The number of hydrogen-bond donors (Lipinski definition) is 1. The smallest absolute Gasteiger partial charge is 0.256 e. The molecule has 9 nitrogen and oxygen atoms in total. The molecule has 0 bridgehead atoms. The lowest BCUT2D eigenvalue weighted by Gasteiger charge is -2.60. The van der Waals surface area contributed by atoms with Crippen LogP contribution in [-0.4, -0.2) is 121 Å². The fraction of sp³-hybridized carbons (Fsp3) is 0.808. The molecule has 3 aliphatic heterocycles. The van der Waals surface area contributed by atoms with Crippen LogP contribution in [0.4, 0.5) is 0 Å². The van der Waals surface area contributed by atoms with Gasteiger partial charge in [0.05, 0.1) is 29.9 Å². The summed E-state index contributed by atoms with van der Waals surface area (Å²) in [7, 11) is 3.94. The van der Waals surface area contributed by atoms with Crippen LogP contribution in [0.1, 0.15) is 45.4 Å². The molecule has 9 heteroatoms. The highest BCUT2D eigenvalue weighted by molar-refractivity contribution is 6.20. The van der Waals surface area contributed by atoms with Crippen LogP contribution in [0.15, 0.2) is 11.8 Å². The van der Waals surface area contributed by atoms with Crippen LogP contribution in [0.5, 0.6) is 0 Å². The first-order valence-corrected chi connectivity index (χ1v) is 13.5. The summed E-state index contributed by atoms with van der Waals surface area (Å²) in [5, 5.41) is 2.96. The monoisotopic (exact) mass is 487 g/mol. The second-order valence-corrected chi connectivity index (χ2v) is 11.2. The summed E-state index contributed by atoms with van der Waals surface area (Å²) < 4.78 is 6.85. The first-order chi connectivity index (χ1) is 16.8. The van der Waals surface area contributed by atoms with Gasteiger partial charge in [0.1, 0.15) is 0 Å². The predicted octanol–water partition coefficient (Wildman–Crippen LogP) is 0.454.